The van der Waals surface area contributed by atoms with E-state index in [0.717, 1.165) is 25.7 Å². The third-order valence-electron chi connectivity index (χ3n) is 4.17. The topological polar surface area (TPSA) is 55.1 Å². The monoisotopic (exact) mass is 260 g/mol. The second kappa shape index (κ2) is 6.20. The van der Waals surface area contributed by atoms with Gasteiger partial charge in [-0.25, -0.2) is 0 Å². The molecule has 0 aliphatic heterocycles. The molecule has 3 N–H and O–H groups in total. The third-order valence-corrected chi connectivity index (χ3v) is 4.17. The molecule has 1 fully saturated rings. The first-order chi connectivity index (χ1) is 9.09. The zero-order chi connectivity index (χ0) is 13.8. The molecule has 3 nitrogen and oxygen atoms in total. The lowest BCUT2D eigenvalue weighted by molar-refractivity contribution is -0.127. The number of benzene rings is 1. The molecule has 0 aromatic heterocycles. The normalized spacial score (nSPS) is 24.8. The standard InChI is InChI=1S/C16H24N2O/c1-11-7-3-4-8-13(11)12(2)18-16(19)14-9-5-6-10-15(14)17/h3-4,7-8,12,14-15H,5-6,9-10,17H2,1-2H3,(H,18,19)/t12-,14?,15?/m0/s1. The number of carbonyl (C=O) groups is 1. The average molecular weight is 260 g/mol. The largest absolute Gasteiger partial charge is 0.349 e. The van der Waals surface area contributed by atoms with Crippen LogP contribution >= 0.6 is 0 Å². The van der Waals surface area contributed by atoms with Crippen LogP contribution in [0.15, 0.2) is 24.3 Å². The molecule has 19 heavy (non-hydrogen) atoms. The molecule has 1 saturated carbocycles. The first kappa shape index (κ1) is 14.1. The summed E-state index contributed by atoms with van der Waals surface area (Å²) in [7, 11) is 0. The van der Waals surface area contributed by atoms with Gasteiger partial charge in [0.1, 0.15) is 0 Å². The Morgan fingerprint density at radius 2 is 2.00 bits per heavy atom. The number of amides is 1. The van der Waals surface area contributed by atoms with Crippen molar-refractivity contribution in [1.29, 1.82) is 0 Å². The smallest absolute Gasteiger partial charge is 0.225 e. The van der Waals surface area contributed by atoms with Crippen LogP contribution in [0.4, 0.5) is 0 Å². The van der Waals surface area contributed by atoms with Crippen LogP contribution in [-0.4, -0.2) is 11.9 Å². The van der Waals surface area contributed by atoms with Crippen LogP contribution < -0.4 is 11.1 Å². The van der Waals surface area contributed by atoms with E-state index >= 15 is 0 Å². The van der Waals surface area contributed by atoms with Crippen LogP contribution in [0, 0.1) is 12.8 Å². The number of nitrogens with one attached hydrogen (secondary N) is 1. The average Bonchev–Trinajstić information content (AvgIpc) is 2.39. The highest BCUT2D eigenvalue weighted by Crippen LogP contribution is 2.24. The summed E-state index contributed by atoms with van der Waals surface area (Å²) < 4.78 is 0. The number of hydrogen-bond acceptors (Lipinski definition) is 2. The summed E-state index contributed by atoms with van der Waals surface area (Å²) in [4.78, 5) is 12.3. The van der Waals surface area contributed by atoms with Crippen molar-refractivity contribution in [3.63, 3.8) is 0 Å². The minimum absolute atomic E-state index is 0.0137. The molecule has 1 amide bonds. The predicted octanol–water partition coefficient (Wildman–Crippen LogP) is 2.69. The summed E-state index contributed by atoms with van der Waals surface area (Å²) in [5.41, 5.74) is 8.46. The Kier molecular flexibility index (Phi) is 4.59. The number of hydrogen-bond donors (Lipinski definition) is 2. The summed E-state index contributed by atoms with van der Waals surface area (Å²) in [6, 6.07) is 8.24. The van der Waals surface area contributed by atoms with E-state index in [1.54, 1.807) is 0 Å². The van der Waals surface area contributed by atoms with Crippen molar-refractivity contribution in [3.05, 3.63) is 35.4 Å². The highest BCUT2D eigenvalue weighted by molar-refractivity contribution is 5.80. The molecule has 0 bridgehead atoms. The molecule has 3 atom stereocenters. The van der Waals surface area contributed by atoms with Crippen LogP contribution in [0.1, 0.15) is 49.8 Å². The molecule has 2 rings (SSSR count). The van der Waals surface area contributed by atoms with Gasteiger partial charge in [-0.2, -0.15) is 0 Å². The Morgan fingerprint density at radius 1 is 1.32 bits per heavy atom. The fourth-order valence-corrected chi connectivity index (χ4v) is 2.96. The Hall–Kier alpha value is -1.35. The molecular formula is C16H24N2O. The number of aryl methyl sites for hydroxylation is 1. The lowest BCUT2D eigenvalue weighted by Gasteiger charge is -2.29. The zero-order valence-corrected chi connectivity index (χ0v) is 11.9. The minimum Gasteiger partial charge on any atom is -0.349 e. The summed E-state index contributed by atoms with van der Waals surface area (Å²) in [5.74, 6) is 0.100. The van der Waals surface area contributed by atoms with E-state index in [1.807, 2.05) is 19.1 Å². The summed E-state index contributed by atoms with van der Waals surface area (Å²) in [6.07, 6.45) is 4.16. The molecular weight excluding hydrogens is 236 g/mol. The van der Waals surface area contributed by atoms with Crippen LogP contribution in [0.5, 0.6) is 0 Å². The molecule has 3 heteroatoms. The summed E-state index contributed by atoms with van der Waals surface area (Å²) in [6.45, 7) is 4.11. The van der Waals surface area contributed by atoms with Gasteiger partial charge >= 0.3 is 0 Å². The summed E-state index contributed by atoms with van der Waals surface area (Å²) in [5, 5.41) is 3.12. The van der Waals surface area contributed by atoms with Crippen molar-refractivity contribution in [2.24, 2.45) is 11.7 Å². The Morgan fingerprint density at radius 3 is 2.68 bits per heavy atom. The van der Waals surface area contributed by atoms with E-state index in [0.29, 0.717) is 0 Å². The van der Waals surface area contributed by atoms with Crippen LogP contribution in [-0.2, 0) is 4.79 Å². The SMILES string of the molecule is Cc1ccccc1[C@H](C)NC(=O)C1CCCCC1N. The molecule has 2 unspecified atom stereocenters. The molecule has 0 spiro atoms. The van der Waals surface area contributed by atoms with E-state index in [-0.39, 0.29) is 23.9 Å². The van der Waals surface area contributed by atoms with Crippen molar-refractivity contribution < 1.29 is 4.79 Å². The number of rotatable bonds is 3. The second-order valence-electron chi connectivity index (χ2n) is 5.64. The molecule has 104 valence electrons. The van der Waals surface area contributed by atoms with Crippen LogP contribution in [0.25, 0.3) is 0 Å². The van der Waals surface area contributed by atoms with Gasteiger partial charge in [0.25, 0.3) is 0 Å². The Labute approximate surface area is 115 Å². The van der Waals surface area contributed by atoms with Crippen LogP contribution in [0.3, 0.4) is 0 Å². The highest BCUT2D eigenvalue weighted by atomic mass is 16.2. The van der Waals surface area contributed by atoms with Crippen molar-refractivity contribution in [1.82, 2.24) is 5.32 Å². The van der Waals surface area contributed by atoms with E-state index in [2.05, 4.69) is 24.4 Å². The van der Waals surface area contributed by atoms with Crippen molar-refractivity contribution in [3.8, 4) is 0 Å². The quantitative estimate of drug-likeness (QED) is 0.878. The van der Waals surface area contributed by atoms with Crippen molar-refractivity contribution in [2.45, 2.75) is 51.6 Å². The maximum absolute atomic E-state index is 12.3. The van der Waals surface area contributed by atoms with Gasteiger partial charge in [-0.3, -0.25) is 4.79 Å². The lowest BCUT2D eigenvalue weighted by atomic mass is 9.84. The Balaban J connectivity index is 2.00. The van der Waals surface area contributed by atoms with E-state index in [4.69, 9.17) is 5.73 Å². The van der Waals surface area contributed by atoms with Crippen molar-refractivity contribution >= 4 is 5.91 Å². The fraction of sp³-hybridized carbons (Fsp3) is 0.562. The molecule has 0 saturated heterocycles. The van der Waals surface area contributed by atoms with Gasteiger partial charge in [0, 0.05) is 6.04 Å². The molecule has 1 aromatic rings. The van der Waals surface area contributed by atoms with Gasteiger partial charge in [-0.1, -0.05) is 37.1 Å². The zero-order valence-electron chi connectivity index (χ0n) is 11.9. The van der Waals surface area contributed by atoms with E-state index in [1.165, 1.54) is 11.1 Å². The van der Waals surface area contributed by atoms with Gasteiger partial charge in [0.2, 0.25) is 5.91 Å². The van der Waals surface area contributed by atoms with E-state index in [9.17, 15) is 4.79 Å². The maximum Gasteiger partial charge on any atom is 0.225 e. The van der Waals surface area contributed by atoms with E-state index < -0.39 is 0 Å². The second-order valence-corrected chi connectivity index (χ2v) is 5.64. The third kappa shape index (κ3) is 3.35. The fourth-order valence-electron chi connectivity index (χ4n) is 2.96. The molecule has 1 aromatic carbocycles. The van der Waals surface area contributed by atoms with Gasteiger partial charge in [-0.15, -0.1) is 0 Å². The minimum atomic E-state index is -0.0137. The molecule has 1 aliphatic rings. The van der Waals surface area contributed by atoms with Gasteiger partial charge in [-0.05, 0) is 37.8 Å². The highest BCUT2D eigenvalue weighted by Gasteiger charge is 2.29. The molecule has 0 heterocycles. The van der Waals surface area contributed by atoms with Crippen LogP contribution in [0.2, 0.25) is 0 Å². The van der Waals surface area contributed by atoms with Crippen molar-refractivity contribution in [2.75, 3.05) is 0 Å². The number of nitrogens with two attached hydrogens (primary N) is 1. The molecule has 1 aliphatic carbocycles. The first-order valence-corrected chi connectivity index (χ1v) is 7.21. The molecule has 0 radical (unpaired) electrons. The van der Waals surface area contributed by atoms with Gasteiger partial charge in [0.05, 0.1) is 12.0 Å². The number of carbonyl (C=O) groups excluding carboxylic acids is 1. The maximum atomic E-state index is 12.3. The van der Waals surface area contributed by atoms with Gasteiger partial charge in [0.15, 0.2) is 0 Å². The predicted molar refractivity (Wildman–Crippen MR) is 77.7 cm³/mol. The first-order valence-electron chi connectivity index (χ1n) is 7.21. The Bertz CT molecular complexity index is 444. The van der Waals surface area contributed by atoms with Gasteiger partial charge < -0.3 is 11.1 Å². The lowest BCUT2D eigenvalue weighted by Crippen LogP contribution is -2.44. The summed E-state index contributed by atoms with van der Waals surface area (Å²) >= 11 is 0.